The van der Waals surface area contributed by atoms with Gasteiger partial charge in [0.1, 0.15) is 5.82 Å². The van der Waals surface area contributed by atoms with Crippen LogP contribution in [0.5, 0.6) is 0 Å². The number of anilines is 1. The van der Waals surface area contributed by atoms with Crippen LogP contribution in [0.2, 0.25) is 0 Å². The Hall–Kier alpha value is -2.48. The van der Waals surface area contributed by atoms with Gasteiger partial charge in [-0.3, -0.25) is 14.4 Å². The molecule has 0 aromatic heterocycles. The van der Waals surface area contributed by atoms with Crippen LogP contribution in [0.25, 0.3) is 0 Å². The highest BCUT2D eigenvalue weighted by molar-refractivity contribution is 5.97. The molecule has 0 radical (unpaired) electrons. The monoisotopic (exact) mass is 350 g/mol. The number of amides is 3. The van der Waals surface area contributed by atoms with E-state index in [1.807, 2.05) is 0 Å². The van der Waals surface area contributed by atoms with E-state index < -0.39 is 17.6 Å². The number of rotatable bonds is 7. The zero-order valence-corrected chi connectivity index (χ0v) is 13.9. The summed E-state index contributed by atoms with van der Waals surface area (Å²) in [5.41, 5.74) is 11.1. The number of nitrogens with one attached hydrogen (secondary N) is 2. The van der Waals surface area contributed by atoms with Gasteiger partial charge in [0.2, 0.25) is 11.8 Å². The summed E-state index contributed by atoms with van der Waals surface area (Å²) in [6.45, 7) is 0.0901. The number of carbonyl (C=O) groups excluding carboxylic acids is 3. The van der Waals surface area contributed by atoms with Crippen LogP contribution in [0.15, 0.2) is 18.2 Å². The minimum Gasteiger partial charge on any atom is -0.370 e. The predicted molar refractivity (Wildman–Crippen MR) is 91.1 cm³/mol. The Balaban J connectivity index is 1.96. The fraction of sp³-hybridized carbons (Fsp3) is 0.471. The van der Waals surface area contributed by atoms with Gasteiger partial charge in [-0.1, -0.05) is 6.42 Å². The maximum Gasteiger partial charge on any atom is 0.251 e. The van der Waals surface area contributed by atoms with E-state index in [4.69, 9.17) is 11.5 Å². The molecule has 8 heteroatoms. The first-order valence-electron chi connectivity index (χ1n) is 8.28. The van der Waals surface area contributed by atoms with Crippen molar-refractivity contribution in [2.24, 2.45) is 17.4 Å². The molecular weight excluding hydrogens is 327 g/mol. The van der Waals surface area contributed by atoms with Gasteiger partial charge in [-0.05, 0) is 37.0 Å². The van der Waals surface area contributed by atoms with Crippen molar-refractivity contribution in [2.75, 3.05) is 11.9 Å². The van der Waals surface area contributed by atoms with Gasteiger partial charge < -0.3 is 22.1 Å². The second-order valence-electron chi connectivity index (χ2n) is 6.27. The Morgan fingerprint density at radius 2 is 2.00 bits per heavy atom. The van der Waals surface area contributed by atoms with Gasteiger partial charge in [0, 0.05) is 31.0 Å². The first kappa shape index (κ1) is 18.9. The SMILES string of the molecule is NC(=O)CCNC(=O)c1ccc(F)c(NC(=O)C[C@@H]2CCC[C@H]2N)c1. The summed E-state index contributed by atoms with van der Waals surface area (Å²) in [5, 5.41) is 5.01. The summed E-state index contributed by atoms with van der Waals surface area (Å²) in [6.07, 6.45) is 3.02. The fourth-order valence-corrected chi connectivity index (χ4v) is 2.92. The third kappa shape index (κ3) is 5.53. The van der Waals surface area contributed by atoms with E-state index in [1.165, 1.54) is 12.1 Å². The van der Waals surface area contributed by atoms with Crippen LogP contribution < -0.4 is 22.1 Å². The predicted octanol–water partition coefficient (Wildman–Crippen LogP) is 0.887. The number of hydrogen-bond acceptors (Lipinski definition) is 4. The van der Waals surface area contributed by atoms with E-state index in [-0.39, 0.29) is 48.5 Å². The lowest BCUT2D eigenvalue weighted by atomic mass is 10.00. The summed E-state index contributed by atoms with van der Waals surface area (Å²) in [6, 6.07) is 3.68. The minimum absolute atomic E-state index is 0.00188. The van der Waals surface area contributed by atoms with Crippen molar-refractivity contribution < 1.29 is 18.8 Å². The first-order valence-corrected chi connectivity index (χ1v) is 8.28. The van der Waals surface area contributed by atoms with Crippen LogP contribution in [0.4, 0.5) is 10.1 Å². The molecule has 136 valence electrons. The summed E-state index contributed by atoms with van der Waals surface area (Å²) in [5.74, 6) is -1.86. The van der Waals surface area contributed by atoms with Crippen LogP contribution in [-0.4, -0.2) is 30.3 Å². The number of carbonyl (C=O) groups is 3. The number of hydrogen-bond donors (Lipinski definition) is 4. The average molecular weight is 350 g/mol. The van der Waals surface area contributed by atoms with Crippen molar-refractivity contribution in [1.29, 1.82) is 0 Å². The maximum absolute atomic E-state index is 13.9. The minimum atomic E-state index is -0.627. The van der Waals surface area contributed by atoms with Gasteiger partial charge in [0.05, 0.1) is 5.69 Å². The van der Waals surface area contributed by atoms with Crippen LogP contribution in [0, 0.1) is 11.7 Å². The topological polar surface area (TPSA) is 127 Å². The van der Waals surface area contributed by atoms with E-state index in [2.05, 4.69) is 10.6 Å². The van der Waals surface area contributed by atoms with Crippen molar-refractivity contribution in [3.8, 4) is 0 Å². The largest absolute Gasteiger partial charge is 0.370 e. The Bertz CT molecular complexity index is 665. The van der Waals surface area contributed by atoms with Gasteiger partial charge in [0.15, 0.2) is 0 Å². The molecule has 2 atom stereocenters. The third-order valence-electron chi connectivity index (χ3n) is 4.33. The normalized spacial score (nSPS) is 19.4. The molecule has 7 nitrogen and oxygen atoms in total. The summed E-state index contributed by atoms with van der Waals surface area (Å²) in [7, 11) is 0. The van der Waals surface area contributed by atoms with Crippen LogP contribution >= 0.6 is 0 Å². The van der Waals surface area contributed by atoms with Crippen molar-refractivity contribution in [3.63, 3.8) is 0 Å². The molecule has 3 amide bonds. The van der Waals surface area contributed by atoms with Gasteiger partial charge >= 0.3 is 0 Å². The molecule has 6 N–H and O–H groups in total. The van der Waals surface area contributed by atoms with Crippen LogP contribution in [0.3, 0.4) is 0 Å². The van der Waals surface area contributed by atoms with E-state index in [0.29, 0.717) is 0 Å². The summed E-state index contributed by atoms with van der Waals surface area (Å²) < 4.78 is 13.9. The third-order valence-corrected chi connectivity index (χ3v) is 4.33. The van der Waals surface area contributed by atoms with E-state index >= 15 is 0 Å². The standard InChI is InChI=1S/C17H23FN4O3/c18-12-5-4-11(17(25)21-7-6-15(20)23)8-14(12)22-16(24)9-10-2-1-3-13(10)19/h4-5,8,10,13H,1-3,6-7,9,19H2,(H2,20,23)(H,21,25)(H,22,24)/t10-,13+/m0/s1. The molecule has 0 heterocycles. The lowest BCUT2D eigenvalue weighted by Gasteiger charge is -2.15. The Morgan fingerprint density at radius 1 is 1.24 bits per heavy atom. The maximum atomic E-state index is 13.9. The smallest absolute Gasteiger partial charge is 0.251 e. The average Bonchev–Trinajstić information content (AvgIpc) is 2.94. The number of benzene rings is 1. The van der Waals surface area contributed by atoms with E-state index in [9.17, 15) is 18.8 Å². The van der Waals surface area contributed by atoms with Gasteiger partial charge in [-0.25, -0.2) is 4.39 Å². The molecule has 1 aromatic rings. The second kappa shape index (κ2) is 8.57. The van der Waals surface area contributed by atoms with Crippen molar-refractivity contribution in [1.82, 2.24) is 5.32 Å². The first-order chi connectivity index (χ1) is 11.9. The quantitative estimate of drug-likeness (QED) is 0.582. The molecule has 0 unspecified atom stereocenters. The molecule has 1 aromatic carbocycles. The lowest BCUT2D eigenvalue weighted by Crippen LogP contribution is -2.29. The summed E-state index contributed by atoms with van der Waals surface area (Å²) >= 11 is 0. The highest BCUT2D eigenvalue weighted by Gasteiger charge is 2.26. The van der Waals surface area contributed by atoms with E-state index in [0.717, 1.165) is 25.3 Å². The molecular formula is C17H23FN4O3. The second-order valence-corrected chi connectivity index (χ2v) is 6.27. The van der Waals surface area contributed by atoms with Crippen LogP contribution in [0.1, 0.15) is 42.5 Å². The summed E-state index contributed by atoms with van der Waals surface area (Å²) in [4.78, 5) is 34.8. The van der Waals surface area contributed by atoms with Gasteiger partial charge in [0.25, 0.3) is 5.91 Å². The van der Waals surface area contributed by atoms with Gasteiger partial charge in [-0.15, -0.1) is 0 Å². The molecule has 0 bridgehead atoms. The molecule has 0 saturated heterocycles. The molecule has 1 fully saturated rings. The molecule has 25 heavy (non-hydrogen) atoms. The van der Waals surface area contributed by atoms with Crippen LogP contribution in [-0.2, 0) is 9.59 Å². The lowest BCUT2D eigenvalue weighted by molar-refractivity contribution is -0.118. The van der Waals surface area contributed by atoms with Crippen molar-refractivity contribution >= 4 is 23.4 Å². The number of halogens is 1. The highest BCUT2D eigenvalue weighted by atomic mass is 19.1. The number of primary amides is 1. The van der Waals surface area contributed by atoms with E-state index in [1.54, 1.807) is 0 Å². The Morgan fingerprint density at radius 3 is 2.64 bits per heavy atom. The zero-order valence-electron chi connectivity index (χ0n) is 13.9. The van der Waals surface area contributed by atoms with Crippen molar-refractivity contribution in [3.05, 3.63) is 29.6 Å². The molecule has 1 aliphatic rings. The zero-order chi connectivity index (χ0) is 18.4. The number of nitrogens with two attached hydrogens (primary N) is 2. The fourth-order valence-electron chi connectivity index (χ4n) is 2.92. The molecule has 0 aliphatic heterocycles. The Kier molecular flexibility index (Phi) is 6.46. The van der Waals surface area contributed by atoms with Crippen molar-refractivity contribution in [2.45, 2.75) is 38.1 Å². The molecule has 1 saturated carbocycles. The highest BCUT2D eigenvalue weighted by Crippen LogP contribution is 2.27. The van der Waals surface area contributed by atoms with Gasteiger partial charge in [-0.2, -0.15) is 0 Å². The Labute approximate surface area is 145 Å². The molecule has 0 spiro atoms. The molecule has 2 rings (SSSR count). The molecule has 1 aliphatic carbocycles.